The van der Waals surface area contributed by atoms with Gasteiger partial charge in [0.1, 0.15) is 11.5 Å². The second-order valence-electron chi connectivity index (χ2n) is 9.90. The van der Waals surface area contributed by atoms with Crippen molar-refractivity contribution in [2.24, 2.45) is 0 Å². The second-order valence-corrected chi connectivity index (χ2v) is 9.90. The van der Waals surface area contributed by atoms with E-state index in [0.29, 0.717) is 42.4 Å². The minimum Gasteiger partial charge on any atom is -0.395 e. The average molecular weight is 579 g/mol. The molecule has 218 valence electrons. The largest absolute Gasteiger partial charge is 0.416 e. The number of aromatic nitrogens is 4. The summed E-state index contributed by atoms with van der Waals surface area (Å²) in [5.74, 6) is 5.82. The van der Waals surface area contributed by atoms with Crippen molar-refractivity contribution in [3.8, 4) is 11.8 Å². The Morgan fingerprint density at radius 2 is 1.86 bits per heavy atom. The first-order valence-corrected chi connectivity index (χ1v) is 13.3. The molecule has 0 saturated carbocycles. The van der Waals surface area contributed by atoms with Crippen LogP contribution in [-0.4, -0.2) is 86.8 Å². The number of pyridine rings is 1. The van der Waals surface area contributed by atoms with Crippen molar-refractivity contribution in [3.05, 3.63) is 82.9 Å². The molecule has 10 nitrogen and oxygen atoms in total. The molecule has 1 aliphatic rings. The van der Waals surface area contributed by atoms with Crippen LogP contribution in [-0.2, 0) is 12.7 Å². The third-order valence-electron chi connectivity index (χ3n) is 6.78. The van der Waals surface area contributed by atoms with E-state index >= 15 is 0 Å². The van der Waals surface area contributed by atoms with Crippen LogP contribution in [0.25, 0.3) is 5.65 Å². The maximum Gasteiger partial charge on any atom is 0.416 e. The summed E-state index contributed by atoms with van der Waals surface area (Å²) in [6.45, 7) is 3.46. The van der Waals surface area contributed by atoms with Gasteiger partial charge in [0.05, 0.1) is 23.9 Å². The lowest BCUT2D eigenvalue weighted by molar-refractivity contribution is -0.138. The molecule has 42 heavy (non-hydrogen) atoms. The highest BCUT2D eigenvalue weighted by molar-refractivity contribution is 6.04. The predicted molar refractivity (Wildman–Crippen MR) is 151 cm³/mol. The fourth-order valence-corrected chi connectivity index (χ4v) is 4.51. The summed E-state index contributed by atoms with van der Waals surface area (Å²) in [5, 5.41) is 18.9. The summed E-state index contributed by atoms with van der Waals surface area (Å²) in [4.78, 5) is 25.4. The second kappa shape index (κ2) is 12.6. The number of benzene rings is 1. The average Bonchev–Trinajstić information content (AvgIpc) is 3.38. The number of nitrogens with one attached hydrogen (secondary N) is 2. The van der Waals surface area contributed by atoms with E-state index in [4.69, 9.17) is 5.11 Å². The minimum absolute atomic E-state index is 0.0355. The Morgan fingerprint density at radius 1 is 1.05 bits per heavy atom. The van der Waals surface area contributed by atoms with Crippen molar-refractivity contribution in [3.63, 3.8) is 0 Å². The number of carbonyl (C=O) groups is 1. The van der Waals surface area contributed by atoms with E-state index in [1.807, 2.05) is 11.9 Å². The maximum atomic E-state index is 13.9. The number of anilines is 2. The van der Waals surface area contributed by atoms with Crippen LogP contribution in [0.2, 0.25) is 0 Å². The molecule has 4 aromatic rings. The van der Waals surface area contributed by atoms with E-state index in [1.165, 1.54) is 30.6 Å². The number of carbonyl (C=O) groups excluding carboxylic acids is 1. The molecule has 1 aromatic carbocycles. The Labute approximate surface area is 240 Å². The molecule has 4 heterocycles. The fraction of sp³-hybridized carbons (Fsp3) is 0.310. The third kappa shape index (κ3) is 7.03. The first kappa shape index (κ1) is 29.0. The van der Waals surface area contributed by atoms with Gasteiger partial charge in [-0.15, -0.1) is 5.10 Å². The topological polar surface area (TPSA) is 111 Å². The summed E-state index contributed by atoms with van der Waals surface area (Å²) < 4.78 is 43.4. The number of fused-ring (bicyclic) bond motifs is 1. The molecule has 5 rings (SSSR count). The van der Waals surface area contributed by atoms with Gasteiger partial charge in [0.2, 0.25) is 0 Å². The van der Waals surface area contributed by atoms with Gasteiger partial charge in [-0.2, -0.15) is 13.2 Å². The molecule has 1 amide bonds. The summed E-state index contributed by atoms with van der Waals surface area (Å²) >= 11 is 0. The molecule has 0 unspecified atom stereocenters. The van der Waals surface area contributed by atoms with E-state index in [0.717, 1.165) is 19.2 Å². The quantitative estimate of drug-likeness (QED) is 0.287. The summed E-state index contributed by atoms with van der Waals surface area (Å²) in [6, 6.07) is 8.88. The summed E-state index contributed by atoms with van der Waals surface area (Å²) in [7, 11) is 1.99. The van der Waals surface area contributed by atoms with Crippen molar-refractivity contribution in [1.82, 2.24) is 29.4 Å². The molecule has 0 bridgehead atoms. The van der Waals surface area contributed by atoms with Crippen LogP contribution in [0.4, 0.5) is 24.7 Å². The van der Waals surface area contributed by atoms with Gasteiger partial charge in [-0.1, -0.05) is 12.0 Å². The lowest BCUT2D eigenvalue weighted by Crippen LogP contribution is -2.44. The smallest absolute Gasteiger partial charge is 0.395 e. The van der Waals surface area contributed by atoms with Gasteiger partial charge in [-0.25, -0.2) is 9.50 Å². The Kier molecular flexibility index (Phi) is 8.67. The zero-order valence-electron chi connectivity index (χ0n) is 22.8. The molecule has 0 radical (unpaired) electrons. The van der Waals surface area contributed by atoms with Gasteiger partial charge in [0, 0.05) is 62.9 Å². The van der Waals surface area contributed by atoms with Crippen LogP contribution < -0.4 is 10.6 Å². The van der Waals surface area contributed by atoms with E-state index in [2.05, 4.69) is 42.4 Å². The Bertz CT molecular complexity index is 1640. The number of nitrogens with zero attached hydrogens (tertiary/aromatic N) is 6. The van der Waals surface area contributed by atoms with E-state index in [-0.39, 0.29) is 30.0 Å². The molecule has 0 aliphatic carbocycles. The molecule has 0 spiro atoms. The normalized spacial score (nSPS) is 14.4. The first-order valence-electron chi connectivity index (χ1n) is 13.3. The zero-order chi connectivity index (χ0) is 29.7. The van der Waals surface area contributed by atoms with Crippen LogP contribution in [0.5, 0.6) is 0 Å². The van der Waals surface area contributed by atoms with E-state index in [1.54, 1.807) is 22.8 Å². The number of halogens is 3. The van der Waals surface area contributed by atoms with Gasteiger partial charge in [-0.05, 0) is 48.9 Å². The number of aliphatic hydroxyl groups is 1. The highest BCUT2D eigenvalue weighted by Gasteiger charge is 2.34. The molecular weight excluding hydrogens is 549 g/mol. The highest BCUT2D eigenvalue weighted by atomic mass is 19.4. The molecule has 1 saturated heterocycles. The molecule has 1 fully saturated rings. The number of hydrogen-bond acceptors (Lipinski definition) is 8. The molecule has 13 heteroatoms. The number of rotatable bonds is 7. The van der Waals surface area contributed by atoms with Gasteiger partial charge in [-0.3, -0.25) is 14.7 Å². The number of amides is 1. The Balaban J connectivity index is 1.31. The SMILES string of the molecule is CN1CCN(Cc2ccc(NC(=O)c3cncc(C#Cc4cnc5ccc(NCCO)nn45)c3)cc2C(F)(F)F)CC1. The van der Waals surface area contributed by atoms with Gasteiger partial charge >= 0.3 is 6.18 Å². The zero-order valence-corrected chi connectivity index (χ0v) is 22.8. The van der Waals surface area contributed by atoms with Gasteiger partial charge in [0.15, 0.2) is 5.65 Å². The maximum absolute atomic E-state index is 13.9. The van der Waals surface area contributed by atoms with E-state index in [9.17, 15) is 18.0 Å². The third-order valence-corrected chi connectivity index (χ3v) is 6.78. The standard InChI is InChI=1S/C29H29F3N8O2/c1-38-9-11-39(12-10-38)19-21-3-4-23(15-25(21)29(30,31)32)36-28(42)22-14-20(16-33-17-22)2-5-24-18-35-27-7-6-26(34-8-13-41)37-40(24)27/h3-4,6-7,14-18,41H,8-13,19H2,1H3,(H,34,37)(H,36,42). The Hall–Kier alpha value is -4.51. The number of imidazole rings is 1. The van der Waals surface area contributed by atoms with Gasteiger partial charge in [0.25, 0.3) is 5.91 Å². The van der Waals surface area contributed by atoms with Crippen molar-refractivity contribution in [2.45, 2.75) is 12.7 Å². The van der Waals surface area contributed by atoms with Crippen LogP contribution in [0.3, 0.4) is 0 Å². The molecule has 1 aliphatic heterocycles. The number of alkyl halides is 3. The van der Waals surface area contributed by atoms with Crippen LogP contribution in [0.1, 0.15) is 32.7 Å². The monoisotopic (exact) mass is 578 g/mol. The number of aliphatic hydroxyl groups excluding tert-OH is 1. The molecule has 0 atom stereocenters. The van der Waals surface area contributed by atoms with Gasteiger partial charge < -0.3 is 20.6 Å². The van der Waals surface area contributed by atoms with Crippen LogP contribution in [0.15, 0.2) is 55.0 Å². The molecule has 3 aromatic heterocycles. The van der Waals surface area contributed by atoms with Crippen LogP contribution >= 0.6 is 0 Å². The molecular formula is C29H29F3N8O2. The van der Waals surface area contributed by atoms with Crippen molar-refractivity contribution < 1.29 is 23.1 Å². The van der Waals surface area contributed by atoms with E-state index < -0.39 is 17.6 Å². The predicted octanol–water partition coefficient (Wildman–Crippen LogP) is 2.95. The fourth-order valence-electron chi connectivity index (χ4n) is 4.51. The van der Waals surface area contributed by atoms with Crippen molar-refractivity contribution in [2.75, 3.05) is 57.0 Å². The number of hydrogen-bond donors (Lipinski definition) is 3. The molecule has 3 N–H and O–H groups in total. The first-order chi connectivity index (χ1) is 20.2. The minimum atomic E-state index is -4.57. The summed E-state index contributed by atoms with van der Waals surface area (Å²) in [5.41, 5.74) is 1.06. The lowest BCUT2D eigenvalue weighted by atomic mass is 10.0. The number of likely N-dealkylation sites (N-methyl/N-ethyl adjacent to an activating group) is 1. The Morgan fingerprint density at radius 3 is 2.62 bits per heavy atom. The summed E-state index contributed by atoms with van der Waals surface area (Å²) in [6.07, 6.45) is -0.214. The van der Waals surface area contributed by atoms with Crippen molar-refractivity contribution >= 4 is 23.1 Å². The number of piperazine rings is 1. The van der Waals surface area contributed by atoms with Crippen molar-refractivity contribution in [1.29, 1.82) is 0 Å². The highest BCUT2D eigenvalue weighted by Crippen LogP contribution is 2.34. The lowest BCUT2D eigenvalue weighted by Gasteiger charge is -2.33. The van der Waals surface area contributed by atoms with Crippen LogP contribution in [0, 0.1) is 11.8 Å².